The fourth-order valence-corrected chi connectivity index (χ4v) is 3.79. The van der Waals surface area contributed by atoms with Gasteiger partial charge >= 0.3 is 5.97 Å². The second-order valence-corrected chi connectivity index (χ2v) is 7.61. The molecule has 0 radical (unpaired) electrons. The van der Waals surface area contributed by atoms with Crippen LogP contribution in [0, 0.1) is 18.8 Å². The summed E-state index contributed by atoms with van der Waals surface area (Å²) in [7, 11) is 1.78. The number of carboxylic acid groups (broad SMARTS) is 1. The van der Waals surface area contributed by atoms with Gasteiger partial charge in [0.15, 0.2) is 0 Å². The third kappa shape index (κ3) is 5.92. The summed E-state index contributed by atoms with van der Waals surface area (Å²) >= 11 is 1.71. The molecule has 3 aromatic rings. The summed E-state index contributed by atoms with van der Waals surface area (Å²) in [5.74, 6) is 5.67. The van der Waals surface area contributed by atoms with Crippen molar-refractivity contribution in [1.82, 2.24) is 4.90 Å². The highest BCUT2D eigenvalue weighted by Crippen LogP contribution is 2.26. The van der Waals surface area contributed by atoms with E-state index in [2.05, 4.69) is 41.7 Å². The second-order valence-electron chi connectivity index (χ2n) is 6.87. The topological polar surface area (TPSA) is 40.5 Å². The molecule has 1 N–H and O–H groups in total. The molecule has 1 heterocycles. The SMILES string of the molecule is Cc1cscc1-c1ccc(C#CC(=CCN(C)CC(=O)O)c2ccccc2)cc1. The summed E-state index contributed by atoms with van der Waals surface area (Å²) in [6.07, 6.45) is 1.98. The van der Waals surface area contributed by atoms with Crippen LogP contribution in [-0.2, 0) is 4.79 Å². The standard InChI is InChI=1S/C25H23NO2S/c1-19-17-29-18-24(19)23-12-9-20(10-13-23)8-11-22(21-6-4-3-5-7-21)14-15-26(2)16-25(27)28/h3-7,9-10,12-14,17-18H,15-16H2,1-2H3,(H,27,28). The van der Waals surface area contributed by atoms with Crippen LogP contribution in [-0.4, -0.2) is 36.1 Å². The number of carboxylic acids is 1. The quantitative estimate of drug-likeness (QED) is 0.579. The molecule has 3 rings (SSSR count). The van der Waals surface area contributed by atoms with Gasteiger partial charge in [0.25, 0.3) is 0 Å². The molecular formula is C25H23NO2S. The van der Waals surface area contributed by atoms with Gasteiger partial charge < -0.3 is 5.11 Å². The number of aliphatic carboxylic acids is 1. The number of carbonyl (C=O) groups is 1. The molecule has 1 aromatic heterocycles. The van der Waals surface area contributed by atoms with Crippen molar-refractivity contribution in [2.24, 2.45) is 0 Å². The van der Waals surface area contributed by atoms with Crippen molar-refractivity contribution >= 4 is 22.9 Å². The summed E-state index contributed by atoms with van der Waals surface area (Å²) in [6.45, 7) is 2.63. The third-order valence-electron chi connectivity index (χ3n) is 4.49. The van der Waals surface area contributed by atoms with Gasteiger partial charge in [-0.15, -0.1) is 0 Å². The molecule has 0 amide bonds. The first-order valence-electron chi connectivity index (χ1n) is 9.34. The fraction of sp³-hybridized carbons (Fsp3) is 0.160. The molecule has 0 fully saturated rings. The Bertz CT molecular complexity index is 1050. The van der Waals surface area contributed by atoms with Crippen molar-refractivity contribution in [1.29, 1.82) is 0 Å². The van der Waals surface area contributed by atoms with Crippen LogP contribution in [0.1, 0.15) is 16.7 Å². The summed E-state index contributed by atoms with van der Waals surface area (Å²) in [5.41, 5.74) is 6.61. The first kappa shape index (κ1) is 20.6. The Balaban J connectivity index is 1.82. The van der Waals surface area contributed by atoms with Crippen molar-refractivity contribution in [3.8, 4) is 23.0 Å². The smallest absolute Gasteiger partial charge is 0.317 e. The molecular weight excluding hydrogens is 378 g/mol. The number of likely N-dealkylation sites (N-methyl/N-ethyl adjacent to an activating group) is 1. The number of benzene rings is 2. The number of allylic oxidation sites excluding steroid dienone is 1. The maximum absolute atomic E-state index is 10.9. The second kappa shape index (κ2) is 9.88. The largest absolute Gasteiger partial charge is 0.480 e. The zero-order chi connectivity index (χ0) is 20.6. The van der Waals surface area contributed by atoms with E-state index < -0.39 is 5.97 Å². The molecule has 0 saturated heterocycles. The minimum absolute atomic E-state index is 0.00450. The van der Waals surface area contributed by atoms with E-state index in [1.807, 2.05) is 48.5 Å². The van der Waals surface area contributed by atoms with Gasteiger partial charge in [-0.05, 0) is 59.1 Å². The molecule has 0 aliphatic rings. The maximum atomic E-state index is 10.9. The Morgan fingerprint density at radius 1 is 1.10 bits per heavy atom. The lowest BCUT2D eigenvalue weighted by molar-refractivity contribution is -0.137. The van der Waals surface area contributed by atoms with Crippen LogP contribution in [0.15, 0.2) is 71.4 Å². The lowest BCUT2D eigenvalue weighted by atomic mass is 10.0. The van der Waals surface area contributed by atoms with E-state index in [1.54, 1.807) is 23.3 Å². The van der Waals surface area contributed by atoms with Gasteiger partial charge in [0.05, 0.1) is 6.54 Å². The summed E-state index contributed by atoms with van der Waals surface area (Å²) in [4.78, 5) is 12.6. The van der Waals surface area contributed by atoms with Crippen molar-refractivity contribution in [2.75, 3.05) is 20.1 Å². The minimum Gasteiger partial charge on any atom is -0.480 e. The molecule has 0 bridgehead atoms. The Morgan fingerprint density at radius 2 is 1.83 bits per heavy atom. The van der Waals surface area contributed by atoms with Gasteiger partial charge in [-0.3, -0.25) is 9.69 Å². The predicted octanol–water partition coefficient (Wildman–Crippen LogP) is 5.18. The Kier molecular flexibility index (Phi) is 7.02. The van der Waals surface area contributed by atoms with Gasteiger partial charge in [0.2, 0.25) is 0 Å². The number of thiophene rings is 1. The number of hydrogen-bond donors (Lipinski definition) is 1. The number of hydrogen-bond acceptors (Lipinski definition) is 3. The summed E-state index contributed by atoms with van der Waals surface area (Å²) < 4.78 is 0. The maximum Gasteiger partial charge on any atom is 0.317 e. The van der Waals surface area contributed by atoms with E-state index >= 15 is 0 Å². The molecule has 2 aromatic carbocycles. The van der Waals surface area contributed by atoms with Crippen molar-refractivity contribution in [3.63, 3.8) is 0 Å². The van der Waals surface area contributed by atoms with E-state index in [-0.39, 0.29) is 6.54 Å². The highest BCUT2D eigenvalue weighted by Gasteiger charge is 2.04. The molecule has 146 valence electrons. The fourth-order valence-electron chi connectivity index (χ4n) is 2.93. The zero-order valence-electron chi connectivity index (χ0n) is 16.6. The first-order chi connectivity index (χ1) is 14.0. The third-order valence-corrected chi connectivity index (χ3v) is 5.35. The minimum atomic E-state index is -0.839. The van der Waals surface area contributed by atoms with Crippen LogP contribution in [0.4, 0.5) is 0 Å². The van der Waals surface area contributed by atoms with E-state index in [0.717, 1.165) is 16.7 Å². The molecule has 4 heteroatoms. The van der Waals surface area contributed by atoms with Gasteiger partial charge in [-0.1, -0.05) is 60.4 Å². The van der Waals surface area contributed by atoms with Crippen molar-refractivity contribution < 1.29 is 9.90 Å². The molecule has 0 spiro atoms. The first-order valence-corrected chi connectivity index (χ1v) is 10.3. The van der Waals surface area contributed by atoms with Crippen LogP contribution in [0.25, 0.3) is 16.7 Å². The van der Waals surface area contributed by atoms with Crippen LogP contribution in [0.5, 0.6) is 0 Å². The van der Waals surface area contributed by atoms with E-state index in [1.165, 1.54) is 16.7 Å². The van der Waals surface area contributed by atoms with Crippen molar-refractivity contribution in [2.45, 2.75) is 6.92 Å². The number of nitrogens with zero attached hydrogens (tertiary/aromatic N) is 1. The van der Waals surface area contributed by atoms with Gasteiger partial charge in [0, 0.05) is 17.7 Å². The lowest BCUT2D eigenvalue weighted by Crippen LogP contribution is -2.25. The highest BCUT2D eigenvalue weighted by molar-refractivity contribution is 7.08. The molecule has 0 saturated carbocycles. The molecule has 0 aliphatic heterocycles. The Morgan fingerprint density at radius 3 is 2.45 bits per heavy atom. The highest BCUT2D eigenvalue weighted by atomic mass is 32.1. The molecule has 0 aliphatic carbocycles. The molecule has 0 unspecified atom stereocenters. The molecule has 29 heavy (non-hydrogen) atoms. The lowest BCUT2D eigenvalue weighted by Gasteiger charge is -2.11. The summed E-state index contributed by atoms with van der Waals surface area (Å²) in [5, 5.41) is 13.3. The van der Waals surface area contributed by atoms with Crippen LogP contribution >= 0.6 is 11.3 Å². The number of rotatable bonds is 6. The zero-order valence-corrected chi connectivity index (χ0v) is 17.4. The van der Waals surface area contributed by atoms with Crippen molar-refractivity contribution in [3.05, 3.63) is 88.1 Å². The van der Waals surface area contributed by atoms with Gasteiger partial charge in [0.1, 0.15) is 0 Å². The van der Waals surface area contributed by atoms with Crippen LogP contribution in [0.2, 0.25) is 0 Å². The van der Waals surface area contributed by atoms with Crippen LogP contribution < -0.4 is 0 Å². The average molecular weight is 402 g/mol. The molecule has 0 atom stereocenters. The van der Waals surface area contributed by atoms with E-state index in [9.17, 15) is 4.79 Å². The van der Waals surface area contributed by atoms with Crippen LogP contribution in [0.3, 0.4) is 0 Å². The Labute approximate surface area is 175 Å². The normalized spacial score (nSPS) is 11.2. The number of aryl methyl sites for hydroxylation is 1. The van der Waals surface area contributed by atoms with Gasteiger partial charge in [-0.2, -0.15) is 11.3 Å². The Hall–Kier alpha value is -3.13. The molecule has 3 nitrogen and oxygen atoms in total. The monoisotopic (exact) mass is 401 g/mol. The predicted molar refractivity (Wildman–Crippen MR) is 121 cm³/mol. The summed E-state index contributed by atoms with van der Waals surface area (Å²) in [6, 6.07) is 18.2. The average Bonchev–Trinajstić information content (AvgIpc) is 3.14. The van der Waals surface area contributed by atoms with E-state index in [4.69, 9.17) is 5.11 Å². The van der Waals surface area contributed by atoms with E-state index in [0.29, 0.717) is 6.54 Å². The van der Waals surface area contributed by atoms with Gasteiger partial charge in [-0.25, -0.2) is 0 Å².